The summed E-state index contributed by atoms with van der Waals surface area (Å²) >= 11 is 0. The van der Waals surface area contributed by atoms with Crippen LogP contribution >= 0.6 is 0 Å². The summed E-state index contributed by atoms with van der Waals surface area (Å²) in [7, 11) is 0. The molecule has 2 aromatic rings. The van der Waals surface area contributed by atoms with E-state index in [0.29, 0.717) is 18.0 Å². The Morgan fingerprint density at radius 3 is 2.76 bits per heavy atom. The quantitative estimate of drug-likeness (QED) is 0.399. The molecule has 0 aliphatic carbocycles. The first kappa shape index (κ1) is 22.2. The van der Waals surface area contributed by atoms with Gasteiger partial charge in [-0.05, 0) is 43.0 Å². The van der Waals surface area contributed by atoms with Crippen LogP contribution in [0.5, 0.6) is 5.75 Å². The van der Waals surface area contributed by atoms with Crippen LogP contribution in [0.1, 0.15) is 42.5 Å². The van der Waals surface area contributed by atoms with Crippen molar-refractivity contribution in [1.82, 2.24) is 15.2 Å². The number of hydrogen-bond donors (Lipinski definition) is 4. The van der Waals surface area contributed by atoms with Crippen LogP contribution in [-0.2, 0) is 0 Å². The van der Waals surface area contributed by atoms with Gasteiger partial charge in [0, 0.05) is 18.7 Å². The molecule has 2 aliphatic heterocycles. The Kier molecular flexibility index (Phi) is 6.48. The van der Waals surface area contributed by atoms with Gasteiger partial charge in [-0.2, -0.15) is 10.5 Å². The molecule has 2 atom stereocenters. The summed E-state index contributed by atoms with van der Waals surface area (Å²) < 4.78 is 5.95. The molecule has 170 valence electrons. The lowest BCUT2D eigenvalue weighted by atomic mass is 9.95. The average molecular weight is 446 g/mol. The Hall–Kier alpha value is -4.02. The summed E-state index contributed by atoms with van der Waals surface area (Å²) in [6.45, 7) is 6.07. The van der Waals surface area contributed by atoms with Crippen molar-refractivity contribution in [3.63, 3.8) is 0 Å². The second kappa shape index (κ2) is 9.63. The van der Waals surface area contributed by atoms with Gasteiger partial charge in [0.1, 0.15) is 41.7 Å². The number of fused-ring (bicyclic) bond motifs is 1. The number of aromatic nitrogens is 1. The molecule has 2 aliphatic rings. The number of anilines is 3. The van der Waals surface area contributed by atoms with Gasteiger partial charge in [-0.15, -0.1) is 0 Å². The van der Waals surface area contributed by atoms with E-state index >= 15 is 0 Å². The molecule has 1 aromatic heterocycles. The Balaban J connectivity index is 1.53. The van der Waals surface area contributed by atoms with E-state index in [-0.39, 0.29) is 23.0 Å². The molecule has 1 fully saturated rings. The van der Waals surface area contributed by atoms with Gasteiger partial charge < -0.3 is 21.5 Å². The number of aliphatic imine (C=N–C) groups is 1. The maximum Gasteiger partial charge on any atom is 0.211 e. The minimum absolute atomic E-state index is 0.0186. The third-order valence-corrected chi connectivity index (χ3v) is 5.97. The van der Waals surface area contributed by atoms with Gasteiger partial charge in [-0.1, -0.05) is 19.1 Å². The van der Waals surface area contributed by atoms with Crippen LogP contribution in [0.3, 0.4) is 0 Å². The number of hydrogen-bond acceptors (Lipinski definition) is 10. The van der Waals surface area contributed by atoms with Gasteiger partial charge >= 0.3 is 0 Å². The number of nitriles is 2. The molecule has 6 N–H and O–H groups in total. The standard InChI is InChI=1S/C23H27N9O/c1-14-3-2-8-32(12-14)9-10-33-16-6-4-15(5-7-16)20-18-19(26)17(11-24)21(27)30-22(18)31-23(29-20)28-13-25/h4-7,14,20H,2-3,8-10,12H2,1H3,(H6,26,27,28,29,30,31). The third kappa shape index (κ3) is 4.76. The van der Waals surface area contributed by atoms with Crippen LogP contribution in [0.4, 0.5) is 17.3 Å². The van der Waals surface area contributed by atoms with Gasteiger partial charge in [-0.25, -0.2) is 9.98 Å². The highest BCUT2D eigenvalue weighted by Crippen LogP contribution is 2.40. The molecule has 1 aromatic carbocycles. The fourth-order valence-electron chi connectivity index (χ4n) is 4.35. The van der Waals surface area contributed by atoms with Gasteiger partial charge in [0.2, 0.25) is 5.96 Å². The number of benzene rings is 1. The molecule has 33 heavy (non-hydrogen) atoms. The number of likely N-dealkylation sites (tertiary alicyclic amines) is 1. The highest BCUT2D eigenvalue weighted by atomic mass is 16.5. The molecule has 0 radical (unpaired) electrons. The number of nitrogens with zero attached hydrogens (tertiary/aromatic N) is 5. The summed E-state index contributed by atoms with van der Waals surface area (Å²) in [5.41, 5.74) is 13.8. The Bertz CT molecular complexity index is 1130. The Morgan fingerprint density at radius 2 is 2.06 bits per heavy atom. The number of pyridine rings is 1. The molecular weight excluding hydrogens is 418 g/mol. The van der Waals surface area contributed by atoms with Crippen molar-refractivity contribution in [3.8, 4) is 18.0 Å². The number of rotatable bonds is 5. The number of nitrogens with two attached hydrogens (primary N) is 2. The van der Waals surface area contributed by atoms with E-state index in [1.165, 1.54) is 12.8 Å². The molecule has 10 nitrogen and oxygen atoms in total. The lowest BCUT2D eigenvalue weighted by molar-refractivity contribution is 0.153. The molecule has 1 saturated heterocycles. The predicted molar refractivity (Wildman–Crippen MR) is 126 cm³/mol. The normalized spacial score (nSPS) is 19.9. The van der Waals surface area contributed by atoms with Crippen LogP contribution in [0, 0.1) is 28.7 Å². The lowest BCUT2D eigenvalue weighted by Gasteiger charge is -2.30. The van der Waals surface area contributed by atoms with Gasteiger partial charge in [-0.3, -0.25) is 10.2 Å². The zero-order valence-electron chi connectivity index (χ0n) is 18.5. The van der Waals surface area contributed by atoms with Gasteiger partial charge in [0.25, 0.3) is 0 Å². The molecule has 10 heteroatoms. The largest absolute Gasteiger partial charge is 0.492 e. The van der Waals surface area contributed by atoms with Crippen molar-refractivity contribution in [3.05, 3.63) is 41.0 Å². The number of ether oxygens (including phenoxy) is 1. The molecular formula is C23H27N9O. The summed E-state index contributed by atoms with van der Waals surface area (Å²) in [5, 5.41) is 23.9. The van der Waals surface area contributed by atoms with Crippen molar-refractivity contribution in [1.29, 1.82) is 10.5 Å². The zero-order chi connectivity index (χ0) is 23.4. The van der Waals surface area contributed by atoms with Crippen LogP contribution in [0.25, 0.3) is 0 Å². The second-order valence-electron chi connectivity index (χ2n) is 8.37. The molecule has 3 heterocycles. The SMILES string of the molecule is CC1CCCN(CCOc2ccc(C3N=C(NC#N)Nc4nc(N)c(C#N)c(N)c43)cc2)C1. The maximum absolute atomic E-state index is 9.44. The van der Waals surface area contributed by atoms with E-state index in [2.05, 4.69) is 32.4 Å². The average Bonchev–Trinajstić information content (AvgIpc) is 2.79. The van der Waals surface area contributed by atoms with Crippen LogP contribution in [0.15, 0.2) is 29.3 Å². The number of piperidine rings is 1. The highest BCUT2D eigenvalue weighted by Gasteiger charge is 2.29. The molecule has 0 spiro atoms. The minimum atomic E-state index is -0.568. The van der Waals surface area contributed by atoms with E-state index < -0.39 is 6.04 Å². The van der Waals surface area contributed by atoms with Gasteiger partial charge in [0.05, 0.1) is 5.69 Å². The first-order chi connectivity index (χ1) is 16.0. The summed E-state index contributed by atoms with van der Waals surface area (Å²) in [4.78, 5) is 11.3. The smallest absolute Gasteiger partial charge is 0.211 e. The van der Waals surface area contributed by atoms with E-state index in [9.17, 15) is 5.26 Å². The van der Waals surface area contributed by atoms with E-state index in [4.69, 9.17) is 21.5 Å². The van der Waals surface area contributed by atoms with Crippen molar-refractivity contribution in [2.45, 2.75) is 25.8 Å². The third-order valence-electron chi connectivity index (χ3n) is 5.97. The van der Waals surface area contributed by atoms with E-state index in [0.717, 1.165) is 36.9 Å². The topological polar surface area (TPSA) is 161 Å². The van der Waals surface area contributed by atoms with Gasteiger partial charge in [0.15, 0.2) is 6.19 Å². The van der Waals surface area contributed by atoms with E-state index in [1.54, 1.807) is 0 Å². The second-order valence-corrected chi connectivity index (χ2v) is 8.37. The molecule has 0 amide bonds. The first-order valence-corrected chi connectivity index (χ1v) is 10.9. The summed E-state index contributed by atoms with van der Waals surface area (Å²) in [5.74, 6) is 2.11. The minimum Gasteiger partial charge on any atom is -0.492 e. The van der Waals surface area contributed by atoms with Crippen LogP contribution in [0.2, 0.25) is 0 Å². The van der Waals surface area contributed by atoms with Crippen molar-refractivity contribution < 1.29 is 4.74 Å². The van der Waals surface area contributed by atoms with Crippen molar-refractivity contribution in [2.75, 3.05) is 43.0 Å². The summed E-state index contributed by atoms with van der Waals surface area (Å²) in [6, 6.07) is 9.00. The Morgan fingerprint density at radius 1 is 1.27 bits per heavy atom. The maximum atomic E-state index is 9.44. The Labute approximate surface area is 192 Å². The van der Waals surface area contributed by atoms with Crippen molar-refractivity contribution >= 4 is 23.3 Å². The van der Waals surface area contributed by atoms with E-state index in [1.807, 2.05) is 36.5 Å². The molecule has 0 bridgehead atoms. The summed E-state index contributed by atoms with van der Waals surface area (Å²) in [6.07, 6.45) is 4.39. The lowest BCUT2D eigenvalue weighted by Crippen LogP contribution is -2.37. The molecule has 0 saturated carbocycles. The number of nitrogen functional groups attached to an aromatic ring is 2. The fourth-order valence-corrected chi connectivity index (χ4v) is 4.35. The highest BCUT2D eigenvalue weighted by molar-refractivity contribution is 5.98. The fraction of sp³-hybridized carbons (Fsp3) is 0.391. The predicted octanol–water partition coefficient (Wildman–Crippen LogP) is 2.17. The first-order valence-electron chi connectivity index (χ1n) is 10.9. The van der Waals surface area contributed by atoms with Crippen molar-refractivity contribution in [2.24, 2.45) is 10.9 Å². The monoisotopic (exact) mass is 445 g/mol. The molecule has 4 rings (SSSR count). The van der Waals surface area contributed by atoms with Crippen LogP contribution in [-0.4, -0.2) is 42.1 Å². The molecule has 2 unspecified atom stereocenters. The number of guanidine groups is 1. The number of nitrogens with one attached hydrogen (secondary N) is 2. The zero-order valence-corrected chi connectivity index (χ0v) is 18.5. The van der Waals surface area contributed by atoms with Crippen LogP contribution < -0.4 is 26.8 Å².